The zero-order chi connectivity index (χ0) is 12.3. The Bertz CT molecular complexity index is 502. The lowest BCUT2D eigenvalue weighted by atomic mass is 10.3. The second-order valence-corrected chi connectivity index (χ2v) is 3.94. The quantitative estimate of drug-likeness (QED) is 0.775. The van der Waals surface area contributed by atoms with Crippen molar-refractivity contribution in [1.82, 2.24) is 15.0 Å². The Hall–Kier alpha value is -1.63. The Labute approximate surface area is 99.1 Å². The average molecular weight is 257 g/mol. The van der Waals surface area contributed by atoms with Gasteiger partial charge in [-0.15, -0.1) is 0 Å². The SMILES string of the molecule is FC(F)(F)c1cccnc1Sc1ncccn1. The molecular formula is C10H6F3N3S. The zero-order valence-electron chi connectivity index (χ0n) is 8.35. The van der Waals surface area contributed by atoms with E-state index >= 15 is 0 Å². The average Bonchev–Trinajstić information content (AvgIpc) is 2.30. The maximum atomic E-state index is 12.7. The van der Waals surface area contributed by atoms with Gasteiger partial charge in [0.1, 0.15) is 5.03 Å². The number of halogens is 3. The number of aromatic nitrogens is 3. The van der Waals surface area contributed by atoms with Crippen molar-refractivity contribution >= 4 is 11.8 Å². The molecule has 0 aliphatic carbocycles. The van der Waals surface area contributed by atoms with E-state index in [1.807, 2.05) is 0 Å². The Kier molecular flexibility index (Phi) is 3.28. The predicted molar refractivity (Wildman–Crippen MR) is 55.4 cm³/mol. The minimum atomic E-state index is -4.43. The molecule has 0 unspecified atom stereocenters. The van der Waals surface area contributed by atoms with Gasteiger partial charge in [-0.25, -0.2) is 15.0 Å². The van der Waals surface area contributed by atoms with Crippen LogP contribution in [0.4, 0.5) is 13.2 Å². The van der Waals surface area contributed by atoms with Crippen LogP contribution in [0.2, 0.25) is 0 Å². The molecule has 7 heteroatoms. The highest BCUT2D eigenvalue weighted by atomic mass is 32.2. The molecule has 0 saturated carbocycles. The number of hydrogen-bond donors (Lipinski definition) is 0. The molecule has 3 nitrogen and oxygen atoms in total. The lowest BCUT2D eigenvalue weighted by Crippen LogP contribution is -2.07. The van der Waals surface area contributed by atoms with Crippen LogP contribution in [-0.4, -0.2) is 15.0 Å². The molecule has 2 rings (SSSR count). The smallest absolute Gasteiger partial charge is 0.249 e. The Morgan fingerprint density at radius 1 is 0.941 bits per heavy atom. The molecule has 0 atom stereocenters. The van der Waals surface area contributed by atoms with Crippen molar-refractivity contribution in [3.63, 3.8) is 0 Å². The Morgan fingerprint density at radius 2 is 1.59 bits per heavy atom. The van der Waals surface area contributed by atoms with Crippen molar-refractivity contribution in [3.05, 3.63) is 42.4 Å². The second kappa shape index (κ2) is 4.70. The molecule has 0 radical (unpaired) electrons. The highest BCUT2D eigenvalue weighted by Gasteiger charge is 2.34. The third-order valence-electron chi connectivity index (χ3n) is 1.81. The van der Waals surface area contributed by atoms with E-state index < -0.39 is 11.7 Å². The first-order valence-electron chi connectivity index (χ1n) is 4.54. The molecule has 0 aliphatic heterocycles. The summed E-state index contributed by atoms with van der Waals surface area (Å²) in [5.74, 6) is 0. The van der Waals surface area contributed by atoms with Gasteiger partial charge >= 0.3 is 6.18 Å². The minimum absolute atomic E-state index is 0.147. The fourth-order valence-electron chi connectivity index (χ4n) is 1.11. The van der Waals surface area contributed by atoms with Crippen LogP contribution in [0.1, 0.15) is 5.56 Å². The highest BCUT2D eigenvalue weighted by Crippen LogP contribution is 2.36. The van der Waals surface area contributed by atoms with Crippen molar-refractivity contribution in [1.29, 1.82) is 0 Å². The summed E-state index contributed by atoms with van der Waals surface area (Å²) in [4.78, 5) is 11.4. The van der Waals surface area contributed by atoms with Gasteiger partial charge in [-0.3, -0.25) is 0 Å². The first-order valence-corrected chi connectivity index (χ1v) is 5.36. The molecule has 2 heterocycles. The fourth-order valence-corrected chi connectivity index (χ4v) is 1.92. The molecular weight excluding hydrogens is 251 g/mol. The van der Waals surface area contributed by atoms with Gasteiger partial charge in [0.2, 0.25) is 0 Å². The van der Waals surface area contributed by atoms with Crippen LogP contribution in [0.3, 0.4) is 0 Å². The van der Waals surface area contributed by atoms with Gasteiger partial charge in [-0.1, -0.05) is 0 Å². The summed E-state index contributed by atoms with van der Waals surface area (Å²) in [6.07, 6.45) is -0.192. The molecule has 0 N–H and O–H groups in total. The van der Waals surface area contributed by atoms with Crippen molar-refractivity contribution in [2.24, 2.45) is 0 Å². The second-order valence-electron chi connectivity index (χ2n) is 2.99. The summed E-state index contributed by atoms with van der Waals surface area (Å²) in [5, 5.41) is 0.0860. The Morgan fingerprint density at radius 3 is 2.24 bits per heavy atom. The largest absolute Gasteiger partial charge is 0.419 e. The molecule has 2 aromatic rings. The number of pyridine rings is 1. The number of rotatable bonds is 2. The molecule has 0 aromatic carbocycles. The number of nitrogens with zero attached hydrogens (tertiary/aromatic N) is 3. The molecule has 0 fully saturated rings. The van der Waals surface area contributed by atoms with Gasteiger partial charge in [0.25, 0.3) is 0 Å². The van der Waals surface area contributed by atoms with Gasteiger partial charge in [-0.05, 0) is 30.0 Å². The van der Waals surface area contributed by atoms with Gasteiger partial charge in [0.15, 0.2) is 5.16 Å². The molecule has 0 amide bonds. The summed E-state index contributed by atoms with van der Waals surface area (Å²) in [5.41, 5.74) is -0.780. The maximum absolute atomic E-state index is 12.7. The third kappa shape index (κ3) is 2.94. The summed E-state index contributed by atoms with van der Waals surface area (Å²) in [7, 11) is 0. The summed E-state index contributed by atoms with van der Waals surface area (Å²) in [6.45, 7) is 0. The van der Waals surface area contributed by atoms with E-state index in [4.69, 9.17) is 0 Å². The third-order valence-corrected chi connectivity index (χ3v) is 2.72. The normalized spacial score (nSPS) is 11.5. The van der Waals surface area contributed by atoms with Crippen LogP contribution in [0, 0.1) is 0 Å². The van der Waals surface area contributed by atoms with Crippen LogP contribution in [0.5, 0.6) is 0 Å². The van der Waals surface area contributed by atoms with Crippen LogP contribution in [-0.2, 0) is 6.18 Å². The number of alkyl halides is 3. The molecule has 0 bridgehead atoms. The molecule has 0 spiro atoms. The van der Waals surface area contributed by atoms with Crippen molar-refractivity contribution in [3.8, 4) is 0 Å². The van der Waals surface area contributed by atoms with E-state index in [2.05, 4.69) is 15.0 Å². The summed E-state index contributed by atoms with van der Waals surface area (Å²) < 4.78 is 38.0. The lowest BCUT2D eigenvalue weighted by molar-refractivity contribution is -0.140. The van der Waals surface area contributed by atoms with Gasteiger partial charge in [-0.2, -0.15) is 13.2 Å². The molecule has 0 saturated heterocycles. The predicted octanol–water partition coefficient (Wildman–Crippen LogP) is 3.04. The van der Waals surface area contributed by atoms with E-state index in [0.29, 0.717) is 0 Å². The van der Waals surface area contributed by atoms with Gasteiger partial charge < -0.3 is 0 Å². The molecule has 2 aromatic heterocycles. The standard InChI is InChI=1S/C10H6F3N3S/c11-10(12,13)7-3-1-4-14-8(7)17-9-15-5-2-6-16-9/h1-6H. The fraction of sp³-hybridized carbons (Fsp3) is 0.100. The molecule has 88 valence electrons. The summed E-state index contributed by atoms with van der Waals surface area (Å²) in [6, 6.07) is 3.82. The lowest BCUT2D eigenvalue weighted by Gasteiger charge is -2.09. The van der Waals surface area contributed by atoms with Gasteiger partial charge in [0.05, 0.1) is 5.56 Å². The number of hydrogen-bond acceptors (Lipinski definition) is 4. The van der Waals surface area contributed by atoms with Crippen LogP contribution < -0.4 is 0 Å². The van der Waals surface area contributed by atoms with E-state index in [1.54, 1.807) is 6.07 Å². The van der Waals surface area contributed by atoms with E-state index in [9.17, 15) is 13.2 Å². The van der Waals surface area contributed by atoms with E-state index in [1.165, 1.54) is 24.7 Å². The van der Waals surface area contributed by atoms with E-state index in [-0.39, 0.29) is 10.2 Å². The Balaban J connectivity index is 2.34. The van der Waals surface area contributed by atoms with Gasteiger partial charge in [0, 0.05) is 18.6 Å². The van der Waals surface area contributed by atoms with Crippen molar-refractivity contribution in [2.75, 3.05) is 0 Å². The van der Waals surface area contributed by atoms with Crippen LogP contribution in [0.15, 0.2) is 47.0 Å². The van der Waals surface area contributed by atoms with Crippen LogP contribution in [0.25, 0.3) is 0 Å². The highest BCUT2D eigenvalue weighted by molar-refractivity contribution is 7.99. The maximum Gasteiger partial charge on any atom is 0.419 e. The summed E-state index contributed by atoms with van der Waals surface area (Å²) >= 11 is 0.788. The monoisotopic (exact) mass is 257 g/mol. The van der Waals surface area contributed by atoms with Crippen molar-refractivity contribution in [2.45, 2.75) is 16.4 Å². The first kappa shape index (κ1) is 11.8. The minimum Gasteiger partial charge on any atom is -0.249 e. The molecule has 17 heavy (non-hydrogen) atoms. The van der Waals surface area contributed by atoms with Crippen molar-refractivity contribution < 1.29 is 13.2 Å². The van der Waals surface area contributed by atoms with E-state index in [0.717, 1.165) is 17.8 Å². The van der Waals surface area contributed by atoms with Crippen LogP contribution >= 0.6 is 11.8 Å². The molecule has 0 aliphatic rings. The zero-order valence-corrected chi connectivity index (χ0v) is 9.16. The first-order chi connectivity index (χ1) is 8.07. The topological polar surface area (TPSA) is 38.7 Å².